The molecular formula is C17H22N2O4S2. The summed E-state index contributed by atoms with van der Waals surface area (Å²) in [7, 11) is 1.50. The van der Waals surface area contributed by atoms with Crippen LogP contribution in [0.25, 0.3) is 0 Å². The van der Waals surface area contributed by atoms with E-state index in [9.17, 15) is 14.4 Å². The Kier molecular flexibility index (Phi) is 5.22. The Morgan fingerprint density at radius 3 is 2.80 bits per heavy atom. The highest BCUT2D eigenvalue weighted by Gasteiger charge is 2.68. The van der Waals surface area contributed by atoms with E-state index in [2.05, 4.69) is 5.32 Å². The molecule has 2 fully saturated rings. The minimum absolute atomic E-state index is 0.226. The smallest absolute Gasteiger partial charge is 0.327 e. The van der Waals surface area contributed by atoms with Crippen molar-refractivity contribution >= 4 is 40.9 Å². The van der Waals surface area contributed by atoms with Gasteiger partial charge in [-0.2, -0.15) is 11.8 Å². The normalized spacial score (nSPS) is 31.5. The van der Waals surface area contributed by atoms with Crippen LogP contribution in [-0.4, -0.2) is 53.9 Å². The fraction of sp³-hybridized carbons (Fsp3) is 0.588. The predicted molar refractivity (Wildman–Crippen MR) is 97.3 cm³/mol. The quantitative estimate of drug-likeness (QED) is 0.596. The Morgan fingerprint density at radius 2 is 2.20 bits per heavy atom. The molecule has 25 heavy (non-hydrogen) atoms. The average molecular weight is 383 g/mol. The third-order valence-corrected chi connectivity index (χ3v) is 6.63. The van der Waals surface area contributed by atoms with Gasteiger partial charge in [-0.3, -0.25) is 24.6 Å². The summed E-state index contributed by atoms with van der Waals surface area (Å²) >= 11 is 3.12. The lowest BCUT2D eigenvalue weighted by molar-refractivity contribution is -0.156. The number of fused-ring (bicyclic) bond motifs is 1. The minimum Gasteiger partial charge on any atom is -0.465 e. The van der Waals surface area contributed by atoms with Gasteiger partial charge in [0.05, 0.1) is 24.5 Å². The number of likely N-dealkylation sites (tertiary alicyclic amines) is 1. The molecule has 4 atom stereocenters. The molecule has 3 heterocycles. The van der Waals surface area contributed by atoms with Gasteiger partial charge in [-0.1, -0.05) is 6.07 Å². The lowest BCUT2D eigenvalue weighted by Gasteiger charge is -2.32. The van der Waals surface area contributed by atoms with E-state index in [4.69, 9.17) is 4.74 Å². The molecule has 2 aliphatic rings. The number of carbonyl (C=O) groups excluding carboxylic acids is 3. The van der Waals surface area contributed by atoms with Gasteiger partial charge in [0.2, 0.25) is 11.8 Å². The summed E-state index contributed by atoms with van der Waals surface area (Å²) < 4.78 is 5.33. The number of hydrogen-bond acceptors (Lipinski definition) is 7. The van der Waals surface area contributed by atoms with Crippen molar-refractivity contribution < 1.29 is 19.1 Å². The third kappa shape index (κ3) is 2.80. The fourth-order valence-corrected chi connectivity index (χ4v) is 5.25. The van der Waals surface area contributed by atoms with Crippen molar-refractivity contribution in [3.63, 3.8) is 0 Å². The van der Waals surface area contributed by atoms with Crippen LogP contribution in [0.4, 0.5) is 0 Å². The molecule has 3 rings (SSSR count). The number of amides is 2. The van der Waals surface area contributed by atoms with E-state index in [0.29, 0.717) is 12.2 Å². The van der Waals surface area contributed by atoms with Gasteiger partial charge in [-0.15, -0.1) is 11.3 Å². The van der Waals surface area contributed by atoms with Crippen molar-refractivity contribution in [3.05, 3.63) is 22.4 Å². The Bertz CT molecular complexity index is 678. The highest BCUT2D eigenvalue weighted by atomic mass is 32.2. The van der Waals surface area contributed by atoms with Crippen LogP contribution >= 0.6 is 23.1 Å². The Hall–Kier alpha value is -1.38. The van der Waals surface area contributed by atoms with Crippen LogP contribution in [0.2, 0.25) is 0 Å². The molecule has 0 aliphatic carbocycles. The van der Waals surface area contributed by atoms with Gasteiger partial charge in [0.1, 0.15) is 5.54 Å². The minimum atomic E-state index is -1.16. The molecule has 8 heteroatoms. The molecule has 0 unspecified atom stereocenters. The molecule has 0 radical (unpaired) electrons. The number of thioether (sulfide) groups is 1. The van der Waals surface area contributed by atoms with Gasteiger partial charge < -0.3 is 4.74 Å². The topological polar surface area (TPSA) is 75.7 Å². The first-order chi connectivity index (χ1) is 12.0. The zero-order valence-corrected chi connectivity index (χ0v) is 16.1. The van der Waals surface area contributed by atoms with E-state index in [1.54, 1.807) is 18.7 Å². The van der Waals surface area contributed by atoms with Crippen molar-refractivity contribution in [2.45, 2.75) is 24.9 Å². The lowest BCUT2D eigenvalue weighted by atomic mass is 9.78. The van der Waals surface area contributed by atoms with Gasteiger partial charge in [0.25, 0.3) is 0 Å². The van der Waals surface area contributed by atoms with Gasteiger partial charge >= 0.3 is 5.97 Å². The highest BCUT2D eigenvalue weighted by Crippen LogP contribution is 2.51. The largest absolute Gasteiger partial charge is 0.465 e. The molecule has 6 nitrogen and oxygen atoms in total. The molecular weight excluding hydrogens is 360 g/mol. The number of nitrogens with zero attached hydrogens (tertiary/aromatic N) is 1. The van der Waals surface area contributed by atoms with Gasteiger partial charge in [0.15, 0.2) is 0 Å². The number of esters is 1. The zero-order chi connectivity index (χ0) is 18.2. The molecule has 1 N–H and O–H groups in total. The summed E-state index contributed by atoms with van der Waals surface area (Å²) in [6, 6.07) is 3.50. The summed E-state index contributed by atoms with van der Waals surface area (Å²) in [6.45, 7) is 1.98. The van der Waals surface area contributed by atoms with Crippen molar-refractivity contribution in [3.8, 4) is 0 Å². The van der Waals surface area contributed by atoms with E-state index in [-0.39, 0.29) is 24.5 Å². The number of hydrogen-bond donors (Lipinski definition) is 1. The SMILES string of the molecule is CCOC(=O)[C@]1(CCSC)N[C@@H](c2cccs2)[C@H]2C(=O)N(C)C(=O)[C@@H]21. The Labute approximate surface area is 155 Å². The average Bonchev–Trinajstić information content (AvgIpc) is 3.28. The number of carbonyl (C=O) groups is 3. The molecule has 0 bridgehead atoms. The summed E-state index contributed by atoms with van der Waals surface area (Å²) in [4.78, 5) is 40.7. The standard InChI is InChI=1S/C17H22N2O4S2/c1-4-23-16(22)17(7-9-24-3)12-11(14(20)19(2)15(12)21)13(18-17)10-6-5-8-25-10/h5-6,8,11-13,18H,4,7,9H2,1-3H3/t11-,12+,13-,17+/m0/s1. The van der Waals surface area contributed by atoms with Crippen molar-refractivity contribution in [2.75, 3.05) is 25.7 Å². The molecule has 1 aromatic rings. The van der Waals surface area contributed by atoms with Crippen molar-refractivity contribution in [1.82, 2.24) is 10.2 Å². The maximum absolute atomic E-state index is 12.9. The second kappa shape index (κ2) is 7.09. The number of thiophene rings is 1. The van der Waals surface area contributed by atoms with Crippen LogP contribution in [0.5, 0.6) is 0 Å². The summed E-state index contributed by atoms with van der Waals surface area (Å²) in [6.07, 6.45) is 2.40. The summed E-state index contributed by atoms with van der Waals surface area (Å²) in [5.74, 6) is -1.55. The number of ether oxygens (including phenoxy) is 1. The van der Waals surface area contributed by atoms with E-state index in [1.807, 2.05) is 23.8 Å². The highest BCUT2D eigenvalue weighted by molar-refractivity contribution is 7.98. The summed E-state index contributed by atoms with van der Waals surface area (Å²) in [5.41, 5.74) is -1.16. The van der Waals surface area contributed by atoms with Crippen LogP contribution in [-0.2, 0) is 19.1 Å². The molecule has 2 aliphatic heterocycles. The van der Waals surface area contributed by atoms with Crippen LogP contribution in [0, 0.1) is 11.8 Å². The van der Waals surface area contributed by atoms with Crippen LogP contribution < -0.4 is 5.32 Å². The van der Waals surface area contributed by atoms with E-state index >= 15 is 0 Å². The molecule has 1 aromatic heterocycles. The van der Waals surface area contributed by atoms with Crippen molar-refractivity contribution in [2.24, 2.45) is 11.8 Å². The molecule has 2 saturated heterocycles. The maximum Gasteiger partial charge on any atom is 0.327 e. The predicted octanol–water partition coefficient (Wildman–Crippen LogP) is 1.68. The zero-order valence-electron chi connectivity index (χ0n) is 14.5. The van der Waals surface area contributed by atoms with Gasteiger partial charge in [-0.05, 0) is 36.8 Å². The molecule has 136 valence electrons. The monoisotopic (exact) mass is 382 g/mol. The Morgan fingerprint density at radius 1 is 1.44 bits per heavy atom. The molecule has 0 saturated carbocycles. The van der Waals surface area contributed by atoms with Crippen LogP contribution in [0.3, 0.4) is 0 Å². The second-order valence-electron chi connectivity index (χ2n) is 6.31. The molecule has 0 aromatic carbocycles. The fourth-order valence-electron chi connectivity index (χ4n) is 3.90. The van der Waals surface area contributed by atoms with E-state index < -0.39 is 23.3 Å². The first kappa shape index (κ1) is 18.4. The Balaban J connectivity index is 2.09. The van der Waals surface area contributed by atoms with Gasteiger partial charge in [-0.25, -0.2) is 0 Å². The van der Waals surface area contributed by atoms with Gasteiger partial charge in [0, 0.05) is 11.9 Å². The van der Waals surface area contributed by atoms with E-state index in [0.717, 1.165) is 4.88 Å². The van der Waals surface area contributed by atoms with Crippen LogP contribution in [0.1, 0.15) is 24.3 Å². The second-order valence-corrected chi connectivity index (χ2v) is 8.28. The first-order valence-corrected chi connectivity index (χ1v) is 10.5. The number of nitrogens with one attached hydrogen (secondary N) is 1. The van der Waals surface area contributed by atoms with E-state index in [1.165, 1.54) is 23.3 Å². The number of imide groups is 1. The third-order valence-electron chi connectivity index (χ3n) is 5.06. The lowest BCUT2D eigenvalue weighted by Crippen LogP contribution is -2.56. The molecule has 2 amide bonds. The molecule has 0 spiro atoms. The van der Waals surface area contributed by atoms with Crippen LogP contribution in [0.15, 0.2) is 17.5 Å². The van der Waals surface area contributed by atoms with Crippen molar-refractivity contribution in [1.29, 1.82) is 0 Å². The first-order valence-electron chi connectivity index (χ1n) is 8.26. The summed E-state index contributed by atoms with van der Waals surface area (Å²) in [5, 5.41) is 5.30. The maximum atomic E-state index is 12.9. The number of rotatable bonds is 6.